The Balaban J connectivity index is 0.000000116. The molecule has 0 saturated heterocycles. The molecule has 0 aliphatic rings. The van der Waals surface area contributed by atoms with Crippen LogP contribution in [0.4, 0.5) is 17.6 Å². The van der Waals surface area contributed by atoms with Crippen molar-refractivity contribution in [2.45, 2.75) is 39.0 Å². The van der Waals surface area contributed by atoms with Crippen LogP contribution in [0.5, 0.6) is 0 Å². The molecule has 15 heterocycles. The fourth-order valence-electron chi connectivity index (χ4n) is 12.9. The molecule has 0 unspecified atom stereocenters. The minimum absolute atomic E-state index is 0.0327. The number of rotatable bonds is 15. The number of benzene rings is 5. The predicted octanol–water partition coefficient (Wildman–Crippen LogP) is 12.5. The predicted molar refractivity (Wildman–Crippen MR) is 449 cm³/mol. The first kappa shape index (κ1) is 83.6. The molecule has 40 heteroatoms. The molecule has 15 aromatic heterocycles. The summed E-state index contributed by atoms with van der Waals surface area (Å²) in [4.78, 5) is 33.9. The van der Waals surface area contributed by atoms with Crippen molar-refractivity contribution in [3.8, 4) is 57.9 Å². The van der Waals surface area contributed by atoms with Gasteiger partial charge in [0.05, 0.1) is 52.3 Å². The van der Waals surface area contributed by atoms with Crippen LogP contribution in [0.2, 0.25) is 0 Å². The van der Waals surface area contributed by atoms with Gasteiger partial charge in [-0.15, -0.1) is 40.8 Å². The van der Waals surface area contributed by atoms with Gasteiger partial charge >= 0.3 is 149 Å². The Morgan fingerprint density at radius 3 is 1.04 bits per heavy atom. The average Bonchev–Trinajstić information content (AvgIpc) is 1.35. The van der Waals surface area contributed by atoms with Crippen LogP contribution in [0.15, 0.2) is 245 Å². The van der Waals surface area contributed by atoms with E-state index < -0.39 is 0 Å². The number of nitrogens with zero attached hydrogens (tertiary/aromatic N) is 26. The fraction of sp³-hybridized carbons (Fsp3) is 0.128. The Kier molecular flexibility index (Phi) is 24.6. The summed E-state index contributed by atoms with van der Waals surface area (Å²) in [7, 11) is 8.89. The molecule has 5 aromatic carbocycles. The van der Waals surface area contributed by atoms with Crippen LogP contribution in [0, 0.1) is 44.2 Å². The second kappa shape index (κ2) is 37.1. The van der Waals surface area contributed by atoms with Crippen molar-refractivity contribution >= 4 is 83.0 Å². The summed E-state index contributed by atoms with van der Waals surface area (Å²) in [6.45, 7) is 2.04. The van der Waals surface area contributed by atoms with E-state index in [4.69, 9.17) is 39.7 Å². The fourth-order valence-corrected chi connectivity index (χ4v) is 13.8. The molecule has 0 aliphatic carbocycles. The van der Waals surface area contributed by atoms with Gasteiger partial charge in [-0.2, -0.15) is 20.4 Å². The van der Waals surface area contributed by atoms with E-state index in [0.717, 1.165) is 59.5 Å². The first-order chi connectivity index (χ1) is 61.1. The minimum atomic E-state index is -0.370. The van der Waals surface area contributed by atoms with Crippen LogP contribution in [0.3, 0.4) is 0 Å². The van der Waals surface area contributed by atoms with Crippen molar-refractivity contribution in [1.82, 2.24) is 125 Å². The summed E-state index contributed by atoms with van der Waals surface area (Å²) < 4.78 is 89.7. The van der Waals surface area contributed by atoms with Gasteiger partial charge in [0.15, 0.2) is 28.1 Å². The number of fused-ring (bicyclic) bond motifs is 5. The molecule has 0 saturated carbocycles. The van der Waals surface area contributed by atoms with Crippen molar-refractivity contribution in [3.05, 3.63) is 329 Å². The number of aromatic nitrogens is 25. The van der Waals surface area contributed by atoms with Crippen molar-refractivity contribution in [2.75, 3.05) is 0 Å². The van der Waals surface area contributed by atoms with Gasteiger partial charge in [0.1, 0.15) is 44.9 Å². The van der Waals surface area contributed by atoms with Crippen LogP contribution in [0.1, 0.15) is 62.8 Å². The molecular weight excluding hydrogens is 1710 g/mol. The number of halogens is 4. The molecule has 20 aromatic rings. The van der Waals surface area contributed by atoms with E-state index in [-0.39, 0.29) is 85.6 Å². The summed E-state index contributed by atoms with van der Waals surface area (Å²) in [6, 6.07) is 50.8. The Bertz CT molecular complexity index is 7010. The van der Waals surface area contributed by atoms with E-state index >= 15 is 0 Å². The van der Waals surface area contributed by atoms with Crippen LogP contribution < -0.4 is 16.1 Å². The Labute approximate surface area is 719 Å². The van der Waals surface area contributed by atoms with Gasteiger partial charge < -0.3 is 22.9 Å². The SMILES string of the molecule is Cc1ccc(Cc2nnc(-c3nn(C)c4cccnc4/c3=N/O)o2)cc1.Cn1nc(-c2nnc(Cc3ccc(F)cc3)o2)c(=N)c2ncccc21.Cn1nc(-c2nnc(Cc3ccc(F)cc3)o2)c(=O)c2ncccc21.Cn1nc(-c2nnc(Cc3ccc(F)cc3)o2)c(=S)c2ncccc21.Cn1nc(-c2nnc(Cc3ccc(F)cc3)o2)c(=[Se])c2ncccc21. The first-order valence-electron chi connectivity index (χ1n) is 38.1. The van der Waals surface area contributed by atoms with E-state index in [1.807, 2.05) is 74.6 Å². The van der Waals surface area contributed by atoms with Crippen molar-refractivity contribution < 1.29 is 44.9 Å². The second-order valence-corrected chi connectivity index (χ2v) is 29.2. The van der Waals surface area contributed by atoms with E-state index in [2.05, 4.69) is 122 Å². The third-order valence-corrected chi connectivity index (χ3v) is 20.3. The summed E-state index contributed by atoms with van der Waals surface area (Å²) in [5.41, 5.74) is 13.4. The van der Waals surface area contributed by atoms with Gasteiger partial charge in [-0.1, -0.05) is 83.6 Å². The molecule has 0 bridgehead atoms. The standard InChI is InChI=1S/C18H16N6O2.C17H13FN6O.C17H12FN5O2.C17H12FN5OS.C17H12FN5OSe/c1-11-5-7-12(8-6-11)10-14-20-21-18(26-14)17-16(23-25)15-13(24(2)22-17)4-3-9-19-15;1-24-12-3-2-8-20-15(12)14(19)16(23-24)17-22-21-13(25-17)9-10-4-6-11(18)7-5-10;1-23-12-3-2-8-19-14(12)16(24)15(22-23)17-21-20-13(25-17)9-10-4-6-11(18)7-5-10;2*1-23-12-3-2-8-19-14(12)16(25)15(22-23)17-21-20-13(24-17)9-10-4-6-11(18)7-5-10/h3-9,25H,10H2,1-2H3;2-8,19H,9H2,1H3;3*2-8H,9H2,1H3/b23-16-;;;;. The number of hydrogen-bond acceptors (Lipinski definition) is 30. The van der Waals surface area contributed by atoms with E-state index in [1.165, 1.54) is 54.1 Å². The van der Waals surface area contributed by atoms with E-state index in [0.29, 0.717) is 105 Å². The van der Waals surface area contributed by atoms with Crippen molar-refractivity contribution in [1.29, 1.82) is 5.41 Å². The van der Waals surface area contributed by atoms with Gasteiger partial charge in [-0.3, -0.25) is 48.9 Å². The molecule has 0 amide bonds. The van der Waals surface area contributed by atoms with Gasteiger partial charge in [-0.25, -0.2) is 13.2 Å². The summed E-state index contributed by atoms with van der Waals surface area (Å²) in [5.74, 6) is 1.73. The molecule has 0 aliphatic heterocycles. The van der Waals surface area contributed by atoms with E-state index in [1.54, 1.807) is 155 Å². The Morgan fingerprint density at radius 1 is 0.357 bits per heavy atom. The molecule has 126 heavy (non-hydrogen) atoms. The maximum atomic E-state index is 13.0. The quantitative estimate of drug-likeness (QED) is 0.0316. The van der Waals surface area contributed by atoms with Gasteiger partial charge in [-0.05, 0) is 114 Å². The molecule has 34 nitrogen and oxygen atoms in total. The molecule has 20 rings (SSSR count). The molecule has 626 valence electrons. The molecule has 0 fully saturated rings. The summed E-state index contributed by atoms with van der Waals surface area (Å²) >= 11 is 8.48. The third-order valence-electron chi connectivity index (χ3n) is 19.1. The third kappa shape index (κ3) is 18.8. The summed E-state index contributed by atoms with van der Waals surface area (Å²) in [6.07, 6.45) is 10.2. The van der Waals surface area contributed by atoms with E-state index in [9.17, 15) is 27.6 Å². The second-order valence-electron chi connectivity index (χ2n) is 27.9. The molecule has 2 N–H and O–H groups in total. The molecule has 0 atom stereocenters. The maximum absolute atomic E-state index is 13.0. The van der Waals surface area contributed by atoms with Crippen molar-refractivity contribution in [3.63, 3.8) is 0 Å². The topological polar surface area (TPSA) is 422 Å². The van der Waals surface area contributed by atoms with Crippen LogP contribution in [-0.2, 0) is 67.3 Å². The van der Waals surface area contributed by atoms with Crippen LogP contribution in [-0.4, -0.2) is 146 Å². The number of nitrogens with one attached hydrogen (secondary N) is 1. The van der Waals surface area contributed by atoms with Crippen LogP contribution in [0.25, 0.3) is 113 Å². The number of aryl methyl sites for hydroxylation is 6. The zero-order valence-electron chi connectivity index (χ0n) is 67.1. The Morgan fingerprint density at radius 2 is 0.635 bits per heavy atom. The molecule has 0 spiro atoms. The number of hydrogen-bond donors (Lipinski definition) is 2. The monoisotopic (exact) mass is 1780 g/mol. The molecule has 0 radical (unpaired) electrons. The molecular formula is C86H65F4N27O7SSe. The summed E-state index contributed by atoms with van der Waals surface area (Å²) in [5, 5.41) is 83.6. The Hall–Kier alpha value is -16.1. The van der Waals surface area contributed by atoms with Gasteiger partial charge in [0.2, 0.25) is 29.0 Å². The average molecular weight is 1780 g/mol. The zero-order valence-corrected chi connectivity index (χ0v) is 69.6. The van der Waals surface area contributed by atoms with Crippen molar-refractivity contribution in [2.24, 2.45) is 40.4 Å². The van der Waals surface area contributed by atoms with Gasteiger partial charge in [0, 0.05) is 53.0 Å². The van der Waals surface area contributed by atoms with Gasteiger partial charge in [0.25, 0.3) is 23.6 Å². The zero-order chi connectivity index (χ0) is 87.6. The normalized spacial score (nSPS) is 11.3. The van der Waals surface area contributed by atoms with Crippen LogP contribution >= 0.6 is 12.2 Å². The first-order valence-corrected chi connectivity index (χ1v) is 39.4. The number of pyridine rings is 5.